The lowest BCUT2D eigenvalue weighted by Crippen LogP contribution is -2.26. The first-order valence-electron chi connectivity index (χ1n) is 5.62. The van der Waals surface area contributed by atoms with Crippen LogP contribution in [-0.4, -0.2) is 22.9 Å². The molecule has 0 N–H and O–H groups in total. The summed E-state index contributed by atoms with van der Waals surface area (Å²) in [6, 6.07) is 7.72. The standard InChI is InChI=1S/C13H10BrN3O3/c1-16(10-3-2-6-15-8-10)13(18)9-4-5-11(14)12(7-9)17(19)20/h2-8H,1H3. The maximum absolute atomic E-state index is 12.3. The first kappa shape index (κ1) is 14.1. The van der Waals surface area contributed by atoms with Crippen LogP contribution in [0.15, 0.2) is 47.2 Å². The molecule has 0 saturated carbocycles. The molecule has 2 rings (SSSR count). The molecule has 1 aromatic heterocycles. The van der Waals surface area contributed by atoms with Crippen LogP contribution in [0.2, 0.25) is 0 Å². The fourth-order valence-electron chi connectivity index (χ4n) is 1.65. The van der Waals surface area contributed by atoms with Gasteiger partial charge >= 0.3 is 0 Å². The smallest absolute Gasteiger partial charge is 0.284 e. The largest absolute Gasteiger partial charge is 0.310 e. The summed E-state index contributed by atoms with van der Waals surface area (Å²) < 4.78 is 0.336. The molecule has 0 atom stereocenters. The van der Waals surface area contributed by atoms with Crippen LogP contribution in [0.25, 0.3) is 0 Å². The summed E-state index contributed by atoms with van der Waals surface area (Å²) in [5, 5.41) is 10.9. The van der Waals surface area contributed by atoms with E-state index in [0.717, 1.165) is 0 Å². The second-order valence-electron chi connectivity index (χ2n) is 4.00. The van der Waals surface area contributed by atoms with Crippen molar-refractivity contribution in [2.75, 3.05) is 11.9 Å². The van der Waals surface area contributed by atoms with Crippen LogP contribution in [-0.2, 0) is 0 Å². The molecule has 0 saturated heterocycles. The molecule has 20 heavy (non-hydrogen) atoms. The fourth-order valence-corrected chi connectivity index (χ4v) is 2.04. The van der Waals surface area contributed by atoms with Gasteiger partial charge in [0.25, 0.3) is 11.6 Å². The molecule has 0 fully saturated rings. The number of hydrogen-bond acceptors (Lipinski definition) is 4. The number of hydrogen-bond donors (Lipinski definition) is 0. The lowest BCUT2D eigenvalue weighted by atomic mass is 10.1. The SMILES string of the molecule is CN(C(=O)c1ccc(Br)c([N+](=O)[O-])c1)c1cccnc1. The highest BCUT2D eigenvalue weighted by molar-refractivity contribution is 9.10. The van der Waals surface area contributed by atoms with Crippen LogP contribution in [0, 0.1) is 10.1 Å². The minimum atomic E-state index is -0.537. The molecule has 1 amide bonds. The first-order valence-corrected chi connectivity index (χ1v) is 6.42. The number of amides is 1. The van der Waals surface area contributed by atoms with E-state index in [0.29, 0.717) is 10.2 Å². The Balaban J connectivity index is 2.34. The van der Waals surface area contributed by atoms with E-state index in [-0.39, 0.29) is 17.2 Å². The molecule has 6 nitrogen and oxygen atoms in total. The lowest BCUT2D eigenvalue weighted by Gasteiger charge is -2.16. The van der Waals surface area contributed by atoms with Gasteiger partial charge in [0.05, 0.1) is 21.3 Å². The van der Waals surface area contributed by atoms with Crippen LogP contribution < -0.4 is 4.90 Å². The van der Waals surface area contributed by atoms with Crippen molar-refractivity contribution in [1.29, 1.82) is 0 Å². The van der Waals surface area contributed by atoms with Crippen molar-refractivity contribution in [1.82, 2.24) is 4.98 Å². The molecule has 0 aliphatic rings. The summed E-state index contributed by atoms with van der Waals surface area (Å²) in [6.45, 7) is 0. The predicted octanol–water partition coefficient (Wildman–Crippen LogP) is 3.03. The number of pyridine rings is 1. The second-order valence-corrected chi connectivity index (χ2v) is 4.85. The normalized spacial score (nSPS) is 10.1. The summed E-state index contributed by atoms with van der Waals surface area (Å²) in [7, 11) is 1.59. The zero-order valence-electron chi connectivity index (χ0n) is 10.5. The van der Waals surface area contributed by atoms with E-state index in [1.54, 1.807) is 31.6 Å². The Morgan fingerprint density at radius 3 is 2.75 bits per heavy atom. The number of aromatic nitrogens is 1. The zero-order valence-corrected chi connectivity index (χ0v) is 12.1. The van der Waals surface area contributed by atoms with Gasteiger partial charge in [-0.3, -0.25) is 19.9 Å². The monoisotopic (exact) mass is 335 g/mol. The van der Waals surface area contributed by atoms with Crippen LogP contribution in [0.5, 0.6) is 0 Å². The molecule has 0 radical (unpaired) electrons. The number of anilines is 1. The molecule has 0 unspecified atom stereocenters. The Morgan fingerprint density at radius 2 is 2.15 bits per heavy atom. The highest BCUT2D eigenvalue weighted by atomic mass is 79.9. The number of nitro groups is 1. The maximum Gasteiger partial charge on any atom is 0.284 e. The summed E-state index contributed by atoms with van der Waals surface area (Å²) in [5.74, 6) is -0.339. The van der Waals surface area contributed by atoms with Gasteiger partial charge < -0.3 is 4.90 Å². The third-order valence-corrected chi connectivity index (χ3v) is 3.40. The number of benzene rings is 1. The topological polar surface area (TPSA) is 76.3 Å². The molecule has 0 spiro atoms. The van der Waals surface area contributed by atoms with Gasteiger partial charge in [-0.25, -0.2) is 0 Å². The number of carbonyl (C=O) groups is 1. The van der Waals surface area contributed by atoms with Crippen LogP contribution in [0.4, 0.5) is 11.4 Å². The molecule has 0 bridgehead atoms. The Kier molecular flexibility index (Phi) is 4.09. The minimum Gasteiger partial charge on any atom is -0.310 e. The van der Waals surface area contributed by atoms with E-state index in [1.807, 2.05) is 0 Å². The van der Waals surface area contributed by atoms with E-state index in [2.05, 4.69) is 20.9 Å². The quantitative estimate of drug-likeness (QED) is 0.638. The Labute approximate surface area is 123 Å². The van der Waals surface area contributed by atoms with Crippen molar-refractivity contribution in [3.8, 4) is 0 Å². The van der Waals surface area contributed by atoms with Gasteiger partial charge in [-0.15, -0.1) is 0 Å². The van der Waals surface area contributed by atoms with Gasteiger partial charge in [0.2, 0.25) is 0 Å². The van der Waals surface area contributed by atoms with Crippen LogP contribution in [0.1, 0.15) is 10.4 Å². The van der Waals surface area contributed by atoms with Gasteiger partial charge in [0.15, 0.2) is 0 Å². The number of halogens is 1. The molecular formula is C13H10BrN3O3. The van der Waals surface area contributed by atoms with Gasteiger partial charge in [0.1, 0.15) is 0 Å². The van der Waals surface area contributed by atoms with E-state index >= 15 is 0 Å². The number of nitrogens with zero attached hydrogens (tertiary/aromatic N) is 3. The van der Waals surface area contributed by atoms with E-state index in [1.165, 1.54) is 23.1 Å². The van der Waals surface area contributed by atoms with Crippen molar-refractivity contribution in [2.24, 2.45) is 0 Å². The highest BCUT2D eigenvalue weighted by Gasteiger charge is 2.19. The van der Waals surface area contributed by atoms with Crippen molar-refractivity contribution in [3.63, 3.8) is 0 Å². The molecule has 2 aromatic rings. The summed E-state index contributed by atoms with van der Waals surface area (Å²) in [6.07, 6.45) is 3.15. The van der Waals surface area contributed by atoms with Crippen molar-refractivity contribution < 1.29 is 9.72 Å². The van der Waals surface area contributed by atoms with E-state index < -0.39 is 4.92 Å². The summed E-state index contributed by atoms with van der Waals surface area (Å²) in [5.41, 5.74) is 0.713. The molecular weight excluding hydrogens is 326 g/mol. The molecule has 0 aliphatic carbocycles. The number of rotatable bonds is 3. The number of nitro benzene ring substituents is 1. The Bertz CT molecular complexity index is 661. The minimum absolute atomic E-state index is 0.143. The van der Waals surface area contributed by atoms with Crippen molar-refractivity contribution in [3.05, 3.63) is 62.9 Å². The van der Waals surface area contributed by atoms with Gasteiger partial charge in [-0.05, 0) is 40.2 Å². The molecule has 0 aliphatic heterocycles. The molecule has 7 heteroatoms. The lowest BCUT2D eigenvalue weighted by molar-refractivity contribution is -0.385. The zero-order chi connectivity index (χ0) is 14.7. The average Bonchev–Trinajstić information content (AvgIpc) is 2.47. The van der Waals surface area contributed by atoms with Gasteiger partial charge in [-0.2, -0.15) is 0 Å². The molecule has 102 valence electrons. The summed E-state index contributed by atoms with van der Waals surface area (Å²) >= 11 is 3.09. The summed E-state index contributed by atoms with van der Waals surface area (Å²) in [4.78, 5) is 28.0. The maximum atomic E-state index is 12.3. The van der Waals surface area contributed by atoms with Gasteiger partial charge in [-0.1, -0.05) is 0 Å². The van der Waals surface area contributed by atoms with Crippen molar-refractivity contribution >= 4 is 33.2 Å². The third-order valence-electron chi connectivity index (χ3n) is 2.73. The van der Waals surface area contributed by atoms with Crippen LogP contribution >= 0.6 is 15.9 Å². The van der Waals surface area contributed by atoms with Gasteiger partial charge in [0, 0.05) is 24.9 Å². The average molecular weight is 336 g/mol. The van der Waals surface area contributed by atoms with Crippen molar-refractivity contribution in [2.45, 2.75) is 0 Å². The highest BCUT2D eigenvalue weighted by Crippen LogP contribution is 2.26. The fraction of sp³-hybridized carbons (Fsp3) is 0.0769. The number of carbonyl (C=O) groups excluding carboxylic acids is 1. The molecule has 1 heterocycles. The second kappa shape index (κ2) is 5.79. The Morgan fingerprint density at radius 1 is 1.40 bits per heavy atom. The first-order chi connectivity index (χ1) is 9.50. The van der Waals surface area contributed by atoms with E-state index in [4.69, 9.17) is 0 Å². The predicted molar refractivity (Wildman–Crippen MR) is 77.8 cm³/mol. The Hall–Kier alpha value is -2.28. The molecule has 1 aromatic carbocycles. The third kappa shape index (κ3) is 2.83. The van der Waals surface area contributed by atoms with E-state index in [9.17, 15) is 14.9 Å². The van der Waals surface area contributed by atoms with Crippen LogP contribution in [0.3, 0.4) is 0 Å².